The summed E-state index contributed by atoms with van der Waals surface area (Å²) in [6, 6.07) is 9.46. The van der Waals surface area contributed by atoms with Crippen molar-refractivity contribution >= 4 is 35.6 Å². The van der Waals surface area contributed by atoms with Gasteiger partial charge in [-0.15, -0.1) is 37.1 Å². The largest absolute Gasteiger partial charge is 0.573 e. The number of guanidine groups is 1. The fourth-order valence-corrected chi connectivity index (χ4v) is 2.45. The monoisotopic (exact) mass is 494 g/mol. The van der Waals surface area contributed by atoms with Crippen LogP contribution in [0, 0.1) is 5.92 Å². The molecule has 0 bridgehead atoms. The molecule has 0 radical (unpaired) electrons. The molecule has 1 atom stereocenters. The summed E-state index contributed by atoms with van der Waals surface area (Å²) in [7, 11) is 0. The second kappa shape index (κ2) is 10.3. The highest BCUT2D eigenvalue weighted by Gasteiger charge is 2.32. The van der Waals surface area contributed by atoms with E-state index in [0.717, 1.165) is 5.56 Å². The topological polar surface area (TPSA) is 72.5 Å². The highest BCUT2D eigenvalue weighted by molar-refractivity contribution is 14.0. The first-order chi connectivity index (χ1) is 12.3. The molecule has 1 unspecified atom stereocenters. The summed E-state index contributed by atoms with van der Waals surface area (Å²) < 4.78 is 41.4. The van der Waals surface area contributed by atoms with Crippen LogP contribution in [0.3, 0.4) is 0 Å². The molecule has 148 valence electrons. The number of pyridine rings is 1. The lowest BCUT2D eigenvalue weighted by atomic mass is 9.89. The molecule has 1 heterocycles. The van der Waals surface area contributed by atoms with E-state index in [-0.39, 0.29) is 53.2 Å². The molecule has 0 saturated heterocycles. The van der Waals surface area contributed by atoms with Gasteiger partial charge in [0.25, 0.3) is 0 Å². The number of nitrogens with zero attached hydrogens (tertiary/aromatic N) is 2. The predicted octanol–water partition coefficient (Wildman–Crippen LogP) is 4.76. The Morgan fingerprint density at radius 2 is 1.93 bits per heavy atom. The Labute approximate surface area is 173 Å². The second-order valence-corrected chi connectivity index (χ2v) is 6.03. The van der Waals surface area contributed by atoms with Gasteiger partial charge in [-0.2, -0.15) is 0 Å². The number of hydrogen-bond donors (Lipinski definition) is 2. The fourth-order valence-electron chi connectivity index (χ4n) is 2.45. The molecule has 0 saturated carbocycles. The van der Waals surface area contributed by atoms with E-state index in [0.29, 0.717) is 6.54 Å². The van der Waals surface area contributed by atoms with Crippen molar-refractivity contribution in [2.45, 2.75) is 26.1 Å². The first-order valence-electron chi connectivity index (χ1n) is 8.08. The summed E-state index contributed by atoms with van der Waals surface area (Å²) in [5, 5.41) is 2.67. The maximum atomic E-state index is 12.5. The lowest BCUT2D eigenvalue weighted by Gasteiger charge is -2.19. The number of ether oxygens (including phenoxy) is 1. The first kappa shape index (κ1) is 23.0. The van der Waals surface area contributed by atoms with Gasteiger partial charge >= 0.3 is 6.36 Å². The van der Waals surface area contributed by atoms with Gasteiger partial charge < -0.3 is 15.8 Å². The third kappa shape index (κ3) is 7.61. The van der Waals surface area contributed by atoms with E-state index in [1.54, 1.807) is 18.5 Å². The zero-order valence-electron chi connectivity index (χ0n) is 14.9. The van der Waals surface area contributed by atoms with Crippen molar-refractivity contribution in [3.8, 4) is 5.75 Å². The van der Waals surface area contributed by atoms with Gasteiger partial charge in [0, 0.05) is 24.9 Å². The summed E-state index contributed by atoms with van der Waals surface area (Å²) in [4.78, 5) is 8.38. The minimum atomic E-state index is -4.78. The summed E-state index contributed by atoms with van der Waals surface area (Å²) in [6.45, 7) is 4.50. The Hall–Kier alpha value is -2.04. The lowest BCUT2D eigenvalue weighted by Crippen LogP contribution is -2.25. The zero-order chi connectivity index (χ0) is 19.2. The number of rotatable bonds is 6. The van der Waals surface area contributed by atoms with E-state index in [1.807, 2.05) is 12.1 Å². The standard InChI is InChI=1S/C18H21F3N4O.HI/c1-12(2)14(13-6-5-9-23-10-13)11-24-17(22)25-15-7-3-4-8-16(15)26-18(19,20)21;/h3-10,12,14H,11H2,1-2H3,(H3,22,24,25);1H. The van der Waals surface area contributed by atoms with E-state index < -0.39 is 6.36 Å². The van der Waals surface area contributed by atoms with E-state index >= 15 is 0 Å². The van der Waals surface area contributed by atoms with E-state index in [9.17, 15) is 13.2 Å². The average Bonchev–Trinajstić information content (AvgIpc) is 2.56. The number of para-hydroxylation sites is 2. The van der Waals surface area contributed by atoms with Gasteiger partial charge in [-0.3, -0.25) is 9.98 Å². The number of anilines is 1. The van der Waals surface area contributed by atoms with Crippen LogP contribution >= 0.6 is 24.0 Å². The number of nitrogens with two attached hydrogens (primary N) is 1. The number of aliphatic imine (C=N–C) groups is 1. The summed E-state index contributed by atoms with van der Waals surface area (Å²) >= 11 is 0. The zero-order valence-corrected chi connectivity index (χ0v) is 17.2. The first-order valence-corrected chi connectivity index (χ1v) is 8.08. The third-order valence-corrected chi connectivity index (χ3v) is 3.75. The number of benzene rings is 1. The van der Waals surface area contributed by atoms with Crippen molar-refractivity contribution < 1.29 is 17.9 Å². The van der Waals surface area contributed by atoms with Crippen LogP contribution in [0.4, 0.5) is 18.9 Å². The molecular formula is C18H22F3IN4O. The highest BCUT2D eigenvalue weighted by Crippen LogP contribution is 2.30. The van der Waals surface area contributed by atoms with Crippen molar-refractivity contribution in [3.05, 3.63) is 54.4 Å². The van der Waals surface area contributed by atoms with Crippen LogP contribution in [0.15, 0.2) is 53.8 Å². The quantitative estimate of drug-likeness (QED) is 0.345. The minimum absolute atomic E-state index is 0. The molecule has 9 heteroatoms. The van der Waals surface area contributed by atoms with Crippen LogP contribution in [-0.4, -0.2) is 23.9 Å². The van der Waals surface area contributed by atoms with Crippen molar-refractivity contribution in [2.24, 2.45) is 16.6 Å². The molecule has 0 fully saturated rings. The fraction of sp³-hybridized carbons (Fsp3) is 0.333. The average molecular weight is 494 g/mol. The molecule has 0 aliphatic rings. The van der Waals surface area contributed by atoms with Crippen LogP contribution in [0.5, 0.6) is 5.75 Å². The molecule has 3 N–H and O–H groups in total. The van der Waals surface area contributed by atoms with Gasteiger partial charge in [0.15, 0.2) is 11.7 Å². The molecule has 1 aromatic heterocycles. The Kier molecular flexibility index (Phi) is 8.80. The van der Waals surface area contributed by atoms with Crippen LogP contribution in [0.25, 0.3) is 0 Å². The second-order valence-electron chi connectivity index (χ2n) is 6.03. The third-order valence-electron chi connectivity index (χ3n) is 3.75. The molecule has 27 heavy (non-hydrogen) atoms. The molecule has 1 aromatic carbocycles. The van der Waals surface area contributed by atoms with Crippen molar-refractivity contribution in [1.29, 1.82) is 0 Å². The summed E-state index contributed by atoms with van der Waals surface area (Å²) in [5.41, 5.74) is 6.97. The van der Waals surface area contributed by atoms with Crippen molar-refractivity contribution in [1.82, 2.24) is 4.98 Å². The molecule has 0 aliphatic heterocycles. The molecule has 0 amide bonds. The maximum absolute atomic E-state index is 12.5. The van der Waals surface area contributed by atoms with E-state index in [2.05, 4.69) is 33.9 Å². The minimum Gasteiger partial charge on any atom is -0.404 e. The summed E-state index contributed by atoms with van der Waals surface area (Å²) in [5.74, 6) is 0.0194. The van der Waals surface area contributed by atoms with Crippen molar-refractivity contribution in [3.63, 3.8) is 0 Å². The molecule has 0 aliphatic carbocycles. The van der Waals surface area contributed by atoms with Crippen LogP contribution in [0.1, 0.15) is 25.3 Å². The normalized spacial score (nSPS) is 13.0. The smallest absolute Gasteiger partial charge is 0.404 e. The van der Waals surface area contributed by atoms with Crippen LogP contribution < -0.4 is 15.8 Å². The highest BCUT2D eigenvalue weighted by atomic mass is 127. The lowest BCUT2D eigenvalue weighted by molar-refractivity contribution is -0.274. The number of hydrogen-bond acceptors (Lipinski definition) is 3. The SMILES string of the molecule is CC(C)C(CN=C(N)Nc1ccccc1OC(F)(F)F)c1cccnc1.I. The number of nitrogens with one attached hydrogen (secondary N) is 1. The van der Waals surface area contributed by atoms with Gasteiger partial charge in [0.05, 0.1) is 5.69 Å². The predicted molar refractivity (Wildman–Crippen MR) is 110 cm³/mol. The van der Waals surface area contributed by atoms with Gasteiger partial charge in [-0.1, -0.05) is 32.0 Å². The number of halogens is 4. The number of alkyl halides is 3. The maximum Gasteiger partial charge on any atom is 0.573 e. The molecule has 0 spiro atoms. The van der Waals surface area contributed by atoms with Gasteiger partial charge in [0.2, 0.25) is 0 Å². The molecular weight excluding hydrogens is 472 g/mol. The van der Waals surface area contributed by atoms with Crippen LogP contribution in [-0.2, 0) is 0 Å². The molecule has 2 aromatic rings. The van der Waals surface area contributed by atoms with E-state index in [4.69, 9.17) is 5.73 Å². The van der Waals surface area contributed by atoms with Gasteiger partial charge in [-0.05, 0) is 29.7 Å². The number of aromatic nitrogens is 1. The van der Waals surface area contributed by atoms with E-state index in [1.165, 1.54) is 18.2 Å². The van der Waals surface area contributed by atoms with Crippen molar-refractivity contribution in [2.75, 3.05) is 11.9 Å². The molecule has 2 rings (SSSR count). The molecule has 5 nitrogen and oxygen atoms in total. The summed E-state index contributed by atoms with van der Waals surface area (Å²) in [6.07, 6.45) is -1.32. The van der Waals surface area contributed by atoms with Gasteiger partial charge in [-0.25, -0.2) is 0 Å². The van der Waals surface area contributed by atoms with Crippen LogP contribution in [0.2, 0.25) is 0 Å². The Morgan fingerprint density at radius 3 is 2.52 bits per heavy atom. The Balaban J connectivity index is 0.00000364. The van der Waals surface area contributed by atoms with Gasteiger partial charge in [0.1, 0.15) is 0 Å². The Bertz CT molecular complexity index is 739. The Morgan fingerprint density at radius 1 is 1.22 bits per heavy atom.